The Kier molecular flexibility index (Phi) is 5.39. The maximum atomic E-state index is 5.43. The van der Waals surface area contributed by atoms with Crippen LogP contribution >= 0.6 is 23.1 Å². The number of morpholine rings is 1. The maximum absolute atomic E-state index is 5.43. The van der Waals surface area contributed by atoms with Gasteiger partial charge >= 0.3 is 0 Å². The highest BCUT2D eigenvalue weighted by molar-refractivity contribution is 7.98. The summed E-state index contributed by atoms with van der Waals surface area (Å²) in [6.45, 7) is 3.36. The molecule has 3 N–H and O–H groups in total. The van der Waals surface area contributed by atoms with Crippen molar-refractivity contribution in [3.05, 3.63) is 35.8 Å². The van der Waals surface area contributed by atoms with Crippen molar-refractivity contribution < 1.29 is 4.74 Å². The summed E-state index contributed by atoms with van der Waals surface area (Å²) >= 11 is 3.06. The van der Waals surface area contributed by atoms with E-state index in [4.69, 9.17) is 9.72 Å². The monoisotopic (exact) mass is 440 g/mol. The van der Waals surface area contributed by atoms with Crippen molar-refractivity contribution in [2.45, 2.75) is 5.03 Å². The summed E-state index contributed by atoms with van der Waals surface area (Å²) in [6.07, 6.45) is 3.73. The van der Waals surface area contributed by atoms with Gasteiger partial charge in [0.15, 0.2) is 10.8 Å². The van der Waals surface area contributed by atoms with E-state index < -0.39 is 0 Å². The lowest BCUT2D eigenvalue weighted by atomic mass is 10.2. The van der Waals surface area contributed by atoms with E-state index in [0.717, 1.165) is 47.5 Å². The van der Waals surface area contributed by atoms with Crippen LogP contribution in [-0.4, -0.2) is 57.7 Å². The van der Waals surface area contributed by atoms with Crippen LogP contribution in [0.4, 0.5) is 28.3 Å². The molecule has 1 aliphatic heterocycles. The quantitative estimate of drug-likeness (QED) is 0.386. The number of nitrogens with one attached hydrogen (secondary N) is 3. The molecule has 0 amide bonds. The fraction of sp³-hybridized carbons (Fsp3) is 0.263. The normalized spacial score (nSPS) is 14.2. The fourth-order valence-electron chi connectivity index (χ4n) is 3.29. The molecule has 9 nitrogen and oxygen atoms in total. The van der Waals surface area contributed by atoms with Crippen molar-refractivity contribution in [3.8, 4) is 0 Å². The molecule has 30 heavy (non-hydrogen) atoms. The third-order valence-corrected chi connectivity index (χ3v) is 6.11. The minimum absolute atomic E-state index is 0.483. The van der Waals surface area contributed by atoms with Gasteiger partial charge in [0.1, 0.15) is 10.8 Å². The van der Waals surface area contributed by atoms with Gasteiger partial charge in [-0.2, -0.15) is 15.1 Å². The molecule has 0 unspecified atom stereocenters. The second-order valence-corrected chi connectivity index (χ2v) is 8.28. The number of rotatable bonds is 6. The Bertz CT molecular complexity index is 1120. The number of nitrogens with zero attached hydrogens (tertiary/aromatic N) is 5. The second kappa shape index (κ2) is 8.46. The highest BCUT2D eigenvalue weighted by Crippen LogP contribution is 2.32. The summed E-state index contributed by atoms with van der Waals surface area (Å²) in [4.78, 5) is 15.9. The van der Waals surface area contributed by atoms with Crippen molar-refractivity contribution in [2.24, 2.45) is 0 Å². The zero-order valence-electron chi connectivity index (χ0n) is 16.3. The van der Waals surface area contributed by atoms with Crippen molar-refractivity contribution in [1.29, 1.82) is 0 Å². The van der Waals surface area contributed by atoms with E-state index in [-0.39, 0.29) is 0 Å². The van der Waals surface area contributed by atoms with Gasteiger partial charge in [-0.05, 0) is 30.5 Å². The first-order valence-electron chi connectivity index (χ1n) is 9.46. The first-order chi connectivity index (χ1) is 14.8. The van der Waals surface area contributed by atoms with Gasteiger partial charge in [0, 0.05) is 36.0 Å². The molecule has 1 aliphatic rings. The van der Waals surface area contributed by atoms with Crippen molar-refractivity contribution in [2.75, 3.05) is 48.1 Å². The molecule has 0 spiro atoms. The lowest BCUT2D eigenvalue weighted by Crippen LogP contribution is -2.36. The van der Waals surface area contributed by atoms with Crippen LogP contribution in [0.2, 0.25) is 0 Å². The number of anilines is 5. The lowest BCUT2D eigenvalue weighted by molar-refractivity contribution is 0.122. The molecule has 4 heterocycles. The largest absolute Gasteiger partial charge is 0.378 e. The molecule has 0 atom stereocenters. The molecule has 3 aromatic heterocycles. The van der Waals surface area contributed by atoms with E-state index in [1.807, 2.05) is 23.8 Å². The first-order valence-corrected chi connectivity index (χ1v) is 11.6. The van der Waals surface area contributed by atoms with Gasteiger partial charge in [-0.15, -0.1) is 23.1 Å². The fourth-order valence-corrected chi connectivity index (χ4v) is 4.35. The number of fused-ring (bicyclic) bond motifs is 1. The Balaban J connectivity index is 1.42. The van der Waals surface area contributed by atoms with Gasteiger partial charge in [0.25, 0.3) is 0 Å². The Morgan fingerprint density at radius 1 is 1.13 bits per heavy atom. The van der Waals surface area contributed by atoms with Crippen LogP contribution < -0.4 is 15.5 Å². The van der Waals surface area contributed by atoms with E-state index in [0.29, 0.717) is 17.4 Å². The molecule has 0 aliphatic carbocycles. The average molecular weight is 441 g/mol. The Labute approximate surface area is 181 Å². The first kappa shape index (κ1) is 19.1. The molecule has 154 valence electrons. The highest BCUT2D eigenvalue weighted by Gasteiger charge is 2.16. The summed E-state index contributed by atoms with van der Waals surface area (Å²) < 4.78 is 5.43. The predicted octanol–water partition coefficient (Wildman–Crippen LogP) is 3.86. The van der Waals surface area contributed by atoms with Crippen LogP contribution in [0.15, 0.2) is 40.9 Å². The topological polar surface area (TPSA) is 104 Å². The smallest absolute Gasteiger partial charge is 0.231 e. The Morgan fingerprint density at radius 3 is 2.70 bits per heavy atom. The highest BCUT2D eigenvalue weighted by atomic mass is 32.2. The van der Waals surface area contributed by atoms with Crippen LogP contribution in [0.25, 0.3) is 11.0 Å². The molecule has 1 aromatic carbocycles. The van der Waals surface area contributed by atoms with Gasteiger partial charge in [0.2, 0.25) is 5.95 Å². The Hall–Kier alpha value is -2.89. The molecule has 1 saturated heterocycles. The average Bonchev–Trinajstić information content (AvgIpc) is 3.44. The lowest BCUT2D eigenvalue weighted by Gasteiger charge is -2.28. The zero-order valence-corrected chi connectivity index (χ0v) is 17.9. The number of ether oxygens (including phenoxy) is 1. The summed E-state index contributed by atoms with van der Waals surface area (Å²) in [5.74, 6) is 1.15. The van der Waals surface area contributed by atoms with Crippen LogP contribution in [-0.2, 0) is 4.74 Å². The molecular formula is C19H20N8OS2. The van der Waals surface area contributed by atoms with E-state index in [2.05, 4.69) is 47.8 Å². The van der Waals surface area contributed by atoms with Gasteiger partial charge in [-0.1, -0.05) is 0 Å². The number of aromatic nitrogens is 5. The van der Waals surface area contributed by atoms with Crippen LogP contribution in [0.5, 0.6) is 0 Å². The minimum atomic E-state index is 0.483. The molecule has 11 heteroatoms. The second-order valence-electron chi connectivity index (χ2n) is 6.59. The van der Waals surface area contributed by atoms with Crippen molar-refractivity contribution in [3.63, 3.8) is 0 Å². The summed E-state index contributed by atoms with van der Waals surface area (Å²) in [5.41, 5.74) is 2.77. The third-order valence-electron chi connectivity index (χ3n) is 4.74. The summed E-state index contributed by atoms with van der Waals surface area (Å²) in [6, 6.07) is 8.27. The van der Waals surface area contributed by atoms with Crippen molar-refractivity contribution in [1.82, 2.24) is 25.1 Å². The Morgan fingerprint density at radius 2 is 1.97 bits per heavy atom. The van der Waals surface area contributed by atoms with Crippen molar-refractivity contribution >= 4 is 62.4 Å². The van der Waals surface area contributed by atoms with Crippen LogP contribution in [0, 0.1) is 0 Å². The zero-order chi connectivity index (χ0) is 20.3. The number of thiazole rings is 1. The van der Waals surface area contributed by atoms with Crippen LogP contribution in [0.1, 0.15) is 0 Å². The number of hydrogen-bond donors (Lipinski definition) is 3. The van der Waals surface area contributed by atoms with Gasteiger partial charge < -0.3 is 20.3 Å². The van der Waals surface area contributed by atoms with Gasteiger partial charge in [0.05, 0.1) is 18.6 Å². The summed E-state index contributed by atoms with van der Waals surface area (Å²) in [5, 5.41) is 18.3. The van der Waals surface area contributed by atoms with E-state index in [1.54, 1.807) is 18.0 Å². The number of hydrogen-bond acceptors (Lipinski definition) is 10. The molecular weight excluding hydrogens is 420 g/mol. The molecule has 5 rings (SSSR count). The van der Waals surface area contributed by atoms with E-state index in [1.165, 1.54) is 17.0 Å². The van der Waals surface area contributed by atoms with E-state index in [9.17, 15) is 0 Å². The predicted molar refractivity (Wildman–Crippen MR) is 122 cm³/mol. The van der Waals surface area contributed by atoms with Gasteiger partial charge in [-0.3, -0.25) is 5.10 Å². The number of aromatic amines is 1. The number of benzene rings is 1. The molecule has 1 fully saturated rings. The van der Waals surface area contributed by atoms with Gasteiger partial charge in [-0.25, -0.2) is 4.98 Å². The number of thioether (sulfide) groups is 1. The third kappa shape index (κ3) is 3.91. The van der Waals surface area contributed by atoms with Crippen LogP contribution in [0.3, 0.4) is 0 Å². The molecule has 0 bridgehead atoms. The minimum Gasteiger partial charge on any atom is -0.378 e. The SMILES string of the molecule is CSc1n[nH]c2nc(Nc3ccc(N4CCOCC4)cc3)nc(Nc3nccs3)c12. The molecule has 0 radical (unpaired) electrons. The molecule has 4 aromatic rings. The maximum Gasteiger partial charge on any atom is 0.231 e. The summed E-state index contributed by atoms with van der Waals surface area (Å²) in [7, 11) is 0. The number of H-pyrrole nitrogens is 1. The van der Waals surface area contributed by atoms with E-state index >= 15 is 0 Å². The standard InChI is InChI=1S/C19H20N8OS2/c1-29-17-14-15(24-19-20-6-11-30-19)22-18(23-16(14)25-26-17)21-12-2-4-13(5-3-12)27-7-9-28-10-8-27/h2-6,11H,7-10H2,1H3,(H3,20,21,22,23,24,25,26). The molecule has 0 saturated carbocycles.